The summed E-state index contributed by atoms with van der Waals surface area (Å²) in [6, 6.07) is 10.2. The van der Waals surface area contributed by atoms with Gasteiger partial charge in [-0.15, -0.1) is 0 Å². The molecule has 2 atom stereocenters. The van der Waals surface area contributed by atoms with Crippen LogP contribution in [-0.2, 0) is 6.54 Å². The van der Waals surface area contributed by atoms with Gasteiger partial charge in [-0.25, -0.2) is 0 Å². The first kappa shape index (κ1) is 16.7. The number of nitrogens with two attached hydrogens (primary N) is 1. The van der Waals surface area contributed by atoms with Crippen molar-refractivity contribution in [1.82, 2.24) is 14.7 Å². The number of aromatic nitrogens is 2. The summed E-state index contributed by atoms with van der Waals surface area (Å²) >= 11 is 0. The van der Waals surface area contributed by atoms with Gasteiger partial charge in [0.15, 0.2) is 0 Å². The van der Waals surface area contributed by atoms with Crippen LogP contribution in [0.5, 0.6) is 0 Å². The fraction of sp³-hybridized carbons (Fsp3) is 0.474. The molecule has 2 N–H and O–H groups in total. The van der Waals surface area contributed by atoms with E-state index in [-0.39, 0.29) is 11.9 Å². The van der Waals surface area contributed by atoms with Crippen molar-refractivity contribution in [3.63, 3.8) is 0 Å². The highest BCUT2D eigenvalue weighted by Crippen LogP contribution is 2.24. The van der Waals surface area contributed by atoms with Crippen molar-refractivity contribution in [3.8, 4) is 0 Å². The van der Waals surface area contributed by atoms with E-state index in [4.69, 9.17) is 5.73 Å². The quantitative estimate of drug-likeness (QED) is 0.938. The minimum absolute atomic E-state index is 0.108. The van der Waals surface area contributed by atoms with E-state index in [2.05, 4.69) is 25.0 Å². The van der Waals surface area contributed by atoms with E-state index in [9.17, 15) is 4.79 Å². The number of hydrogen-bond acceptors (Lipinski definition) is 3. The zero-order valence-corrected chi connectivity index (χ0v) is 14.7. The molecule has 2 unspecified atom stereocenters. The molecular weight excluding hydrogens is 300 g/mol. The molecule has 0 radical (unpaired) electrons. The smallest absolute Gasteiger partial charge is 0.254 e. The number of rotatable bonds is 4. The summed E-state index contributed by atoms with van der Waals surface area (Å²) in [5, 5.41) is 4.48. The molecule has 1 aliphatic rings. The van der Waals surface area contributed by atoms with E-state index in [0.717, 1.165) is 42.0 Å². The molecule has 2 aromatic rings. The Morgan fingerprint density at radius 2 is 2.00 bits per heavy atom. The van der Waals surface area contributed by atoms with Gasteiger partial charge < -0.3 is 10.6 Å². The van der Waals surface area contributed by atoms with E-state index < -0.39 is 0 Å². The summed E-state index contributed by atoms with van der Waals surface area (Å²) < 4.78 is 1.99. The molecule has 24 heavy (non-hydrogen) atoms. The van der Waals surface area contributed by atoms with E-state index in [1.807, 2.05) is 40.8 Å². The van der Waals surface area contributed by atoms with Crippen molar-refractivity contribution in [2.75, 3.05) is 13.1 Å². The maximum atomic E-state index is 12.7. The van der Waals surface area contributed by atoms with Crippen LogP contribution in [0.1, 0.15) is 40.7 Å². The van der Waals surface area contributed by atoms with Gasteiger partial charge in [0.25, 0.3) is 5.91 Å². The molecular formula is C19H26N4O. The standard InChI is InChI=1S/C19H26N4O/c1-13-8-15(3)23(21-13)12-16-4-6-18(7-5-16)19(24)22-11-17(10-20)9-14(22)2/h4-8,14,17H,9-12,20H2,1-3H3. The normalized spacial score (nSPS) is 20.6. The second kappa shape index (κ2) is 6.77. The molecule has 0 aliphatic carbocycles. The van der Waals surface area contributed by atoms with Crippen molar-refractivity contribution < 1.29 is 4.79 Å². The average molecular weight is 326 g/mol. The van der Waals surface area contributed by atoms with E-state index in [1.165, 1.54) is 0 Å². The Labute approximate surface area is 143 Å². The highest BCUT2D eigenvalue weighted by molar-refractivity contribution is 5.94. The Kier molecular flexibility index (Phi) is 4.71. The number of nitrogens with zero attached hydrogens (tertiary/aromatic N) is 3. The fourth-order valence-corrected chi connectivity index (χ4v) is 3.52. The molecule has 1 fully saturated rings. The molecule has 5 nitrogen and oxygen atoms in total. The number of likely N-dealkylation sites (tertiary alicyclic amines) is 1. The van der Waals surface area contributed by atoms with Crippen LogP contribution in [-0.4, -0.2) is 39.7 Å². The fourth-order valence-electron chi connectivity index (χ4n) is 3.52. The molecule has 5 heteroatoms. The molecule has 1 saturated heterocycles. The van der Waals surface area contributed by atoms with Gasteiger partial charge in [-0.1, -0.05) is 12.1 Å². The van der Waals surface area contributed by atoms with Crippen LogP contribution < -0.4 is 5.73 Å². The zero-order chi connectivity index (χ0) is 17.3. The summed E-state index contributed by atoms with van der Waals surface area (Å²) in [5.74, 6) is 0.533. The van der Waals surface area contributed by atoms with Crippen molar-refractivity contribution in [2.45, 2.75) is 39.8 Å². The highest BCUT2D eigenvalue weighted by Gasteiger charge is 2.31. The average Bonchev–Trinajstić information content (AvgIpc) is 3.09. The number of carbonyl (C=O) groups excluding carboxylic acids is 1. The lowest BCUT2D eigenvalue weighted by atomic mass is 10.1. The van der Waals surface area contributed by atoms with E-state index in [1.54, 1.807) is 0 Å². The maximum absolute atomic E-state index is 12.7. The van der Waals surface area contributed by atoms with Crippen molar-refractivity contribution >= 4 is 5.91 Å². The SMILES string of the molecule is Cc1cc(C)n(Cc2ccc(C(=O)N3CC(CN)CC3C)cc2)n1. The Bertz CT molecular complexity index is 719. The molecule has 2 heterocycles. The molecule has 0 saturated carbocycles. The Morgan fingerprint density at radius 1 is 1.29 bits per heavy atom. The molecule has 3 rings (SSSR count). The van der Waals surface area contributed by atoms with Gasteiger partial charge in [0.1, 0.15) is 0 Å². The summed E-state index contributed by atoms with van der Waals surface area (Å²) in [6.45, 7) is 8.30. The number of amides is 1. The molecule has 0 spiro atoms. The third kappa shape index (κ3) is 3.36. The molecule has 1 amide bonds. The van der Waals surface area contributed by atoms with Gasteiger partial charge >= 0.3 is 0 Å². The third-order valence-electron chi connectivity index (χ3n) is 4.89. The monoisotopic (exact) mass is 326 g/mol. The zero-order valence-electron chi connectivity index (χ0n) is 14.7. The van der Waals surface area contributed by atoms with Crippen LogP contribution >= 0.6 is 0 Å². The number of benzene rings is 1. The Balaban J connectivity index is 1.70. The van der Waals surface area contributed by atoms with Gasteiger partial charge in [0.2, 0.25) is 0 Å². The number of carbonyl (C=O) groups is 1. The molecule has 0 bridgehead atoms. The first-order valence-corrected chi connectivity index (χ1v) is 8.59. The van der Waals surface area contributed by atoms with E-state index in [0.29, 0.717) is 12.5 Å². The van der Waals surface area contributed by atoms with Gasteiger partial charge in [-0.3, -0.25) is 9.48 Å². The maximum Gasteiger partial charge on any atom is 0.254 e. The summed E-state index contributed by atoms with van der Waals surface area (Å²) in [5.41, 5.74) is 9.82. The van der Waals surface area contributed by atoms with Gasteiger partial charge in [0, 0.05) is 23.8 Å². The Hall–Kier alpha value is -2.14. The van der Waals surface area contributed by atoms with Crippen LogP contribution in [0.2, 0.25) is 0 Å². The predicted octanol–water partition coefficient (Wildman–Crippen LogP) is 2.36. The van der Waals surface area contributed by atoms with Gasteiger partial charge in [0.05, 0.1) is 12.2 Å². The van der Waals surface area contributed by atoms with Crippen LogP contribution in [0.25, 0.3) is 0 Å². The van der Waals surface area contributed by atoms with Crippen LogP contribution in [0.4, 0.5) is 0 Å². The summed E-state index contributed by atoms with van der Waals surface area (Å²) in [6.07, 6.45) is 0.998. The van der Waals surface area contributed by atoms with Gasteiger partial charge in [-0.2, -0.15) is 5.10 Å². The molecule has 1 aromatic heterocycles. The van der Waals surface area contributed by atoms with Crippen molar-refractivity contribution in [3.05, 3.63) is 52.8 Å². The minimum Gasteiger partial charge on any atom is -0.336 e. The Morgan fingerprint density at radius 3 is 2.54 bits per heavy atom. The van der Waals surface area contributed by atoms with Crippen LogP contribution in [0, 0.1) is 19.8 Å². The largest absolute Gasteiger partial charge is 0.336 e. The van der Waals surface area contributed by atoms with Crippen LogP contribution in [0.3, 0.4) is 0 Å². The third-order valence-corrected chi connectivity index (χ3v) is 4.89. The second-order valence-electron chi connectivity index (χ2n) is 6.93. The lowest BCUT2D eigenvalue weighted by molar-refractivity contribution is 0.0743. The van der Waals surface area contributed by atoms with Gasteiger partial charge in [-0.05, 0) is 63.4 Å². The van der Waals surface area contributed by atoms with Crippen LogP contribution in [0.15, 0.2) is 30.3 Å². The summed E-state index contributed by atoms with van der Waals surface area (Å²) in [7, 11) is 0. The van der Waals surface area contributed by atoms with Crippen molar-refractivity contribution in [2.24, 2.45) is 11.7 Å². The second-order valence-corrected chi connectivity index (χ2v) is 6.93. The van der Waals surface area contributed by atoms with Crippen molar-refractivity contribution in [1.29, 1.82) is 0 Å². The number of aryl methyl sites for hydroxylation is 2. The topological polar surface area (TPSA) is 64.2 Å². The van der Waals surface area contributed by atoms with E-state index >= 15 is 0 Å². The molecule has 1 aliphatic heterocycles. The lowest BCUT2D eigenvalue weighted by Gasteiger charge is -2.21. The lowest BCUT2D eigenvalue weighted by Crippen LogP contribution is -2.34. The molecule has 128 valence electrons. The summed E-state index contributed by atoms with van der Waals surface area (Å²) in [4.78, 5) is 14.7. The first-order valence-electron chi connectivity index (χ1n) is 8.59. The number of hydrogen-bond donors (Lipinski definition) is 1. The minimum atomic E-state index is 0.108. The predicted molar refractivity (Wildman–Crippen MR) is 94.9 cm³/mol. The first-order chi connectivity index (χ1) is 11.5. The highest BCUT2D eigenvalue weighted by atomic mass is 16.2. The molecule has 1 aromatic carbocycles.